The number of rotatable bonds is 12. The number of benzene rings is 1. The van der Waals surface area contributed by atoms with Crippen molar-refractivity contribution in [1.29, 1.82) is 0 Å². The van der Waals surface area contributed by atoms with Crippen molar-refractivity contribution < 1.29 is 23.5 Å². The number of carbonyl (C=O) groups excluding carboxylic acids is 2. The van der Waals surface area contributed by atoms with E-state index in [1.807, 2.05) is 44.2 Å². The molecule has 0 spiro atoms. The van der Waals surface area contributed by atoms with E-state index in [1.165, 1.54) is 0 Å². The molecule has 1 aliphatic carbocycles. The van der Waals surface area contributed by atoms with Gasteiger partial charge in [0.15, 0.2) is 11.5 Å². The van der Waals surface area contributed by atoms with E-state index in [0.717, 1.165) is 42.8 Å². The van der Waals surface area contributed by atoms with Gasteiger partial charge < -0.3 is 23.7 Å². The van der Waals surface area contributed by atoms with Gasteiger partial charge in [-0.25, -0.2) is 0 Å². The molecule has 1 saturated carbocycles. The molecular formula is C27H38N2O5. The van der Waals surface area contributed by atoms with E-state index in [-0.39, 0.29) is 30.3 Å². The first-order chi connectivity index (χ1) is 16.4. The lowest BCUT2D eigenvalue weighted by molar-refractivity contribution is -0.147. The molecular weight excluding hydrogens is 432 g/mol. The third kappa shape index (κ3) is 6.33. The lowest BCUT2D eigenvalue weighted by Crippen LogP contribution is -2.49. The van der Waals surface area contributed by atoms with Gasteiger partial charge in [-0.3, -0.25) is 9.59 Å². The van der Waals surface area contributed by atoms with Gasteiger partial charge in [0.2, 0.25) is 11.8 Å². The Labute approximate surface area is 203 Å². The van der Waals surface area contributed by atoms with Gasteiger partial charge in [-0.05, 0) is 69.4 Å². The first-order valence-corrected chi connectivity index (χ1v) is 12.2. The van der Waals surface area contributed by atoms with Crippen molar-refractivity contribution in [3.8, 4) is 11.5 Å². The second-order valence-corrected chi connectivity index (χ2v) is 9.12. The third-order valence-electron chi connectivity index (χ3n) is 6.78. The zero-order chi connectivity index (χ0) is 24.7. The van der Waals surface area contributed by atoms with Gasteiger partial charge in [0.05, 0.1) is 20.8 Å². The number of ether oxygens (including phenoxy) is 2. The topological polar surface area (TPSA) is 72.2 Å². The summed E-state index contributed by atoms with van der Waals surface area (Å²) in [6.45, 7) is 6.92. The molecule has 2 amide bonds. The summed E-state index contributed by atoms with van der Waals surface area (Å²) in [4.78, 5) is 30.1. The van der Waals surface area contributed by atoms with Crippen LogP contribution in [-0.4, -0.2) is 55.0 Å². The summed E-state index contributed by atoms with van der Waals surface area (Å²) in [6.07, 6.45) is 4.40. The maximum Gasteiger partial charge on any atom is 0.242 e. The normalized spacial score (nSPS) is 14.3. The predicted molar refractivity (Wildman–Crippen MR) is 131 cm³/mol. The molecule has 1 aromatic heterocycles. The summed E-state index contributed by atoms with van der Waals surface area (Å²) in [5.41, 5.74) is 1.04. The fraction of sp³-hybridized carbons (Fsp3) is 0.556. The van der Waals surface area contributed by atoms with Gasteiger partial charge >= 0.3 is 0 Å². The molecule has 0 aliphatic heterocycles. The SMILES string of the molecule is CC[C@@H](C)N(CC(=O)N(CCc1ccc(OC)c(OC)c1)Cc1ccc(C)o1)C(=O)C1CCC1. The molecule has 1 aliphatic rings. The van der Waals surface area contributed by atoms with E-state index in [9.17, 15) is 9.59 Å². The molecule has 0 bridgehead atoms. The number of amides is 2. The van der Waals surface area contributed by atoms with Crippen molar-refractivity contribution in [2.24, 2.45) is 5.92 Å². The van der Waals surface area contributed by atoms with Crippen molar-refractivity contribution in [2.45, 2.75) is 65.5 Å². The highest BCUT2D eigenvalue weighted by atomic mass is 16.5. The Morgan fingerprint density at radius 3 is 2.41 bits per heavy atom. The minimum atomic E-state index is -0.0671. The Morgan fingerprint density at radius 1 is 1.12 bits per heavy atom. The third-order valence-corrected chi connectivity index (χ3v) is 6.78. The molecule has 1 aromatic carbocycles. The van der Waals surface area contributed by atoms with Crippen molar-refractivity contribution in [3.05, 3.63) is 47.4 Å². The van der Waals surface area contributed by atoms with Crippen LogP contribution in [0.15, 0.2) is 34.7 Å². The quantitative estimate of drug-likeness (QED) is 0.453. The van der Waals surface area contributed by atoms with Crippen molar-refractivity contribution in [2.75, 3.05) is 27.3 Å². The molecule has 34 heavy (non-hydrogen) atoms. The Hall–Kier alpha value is -2.96. The van der Waals surface area contributed by atoms with Gasteiger partial charge in [0, 0.05) is 18.5 Å². The smallest absolute Gasteiger partial charge is 0.242 e. The highest BCUT2D eigenvalue weighted by molar-refractivity contribution is 5.86. The molecule has 3 rings (SSSR count). The molecule has 0 unspecified atom stereocenters. The van der Waals surface area contributed by atoms with Crippen LogP contribution in [-0.2, 0) is 22.6 Å². The van der Waals surface area contributed by atoms with Crippen LogP contribution in [0.2, 0.25) is 0 Å². The van der Waals surface area contributed by atoms with E-state index in [4.69, 9.17) is 13.9 Å². The number of nitrogens with zero attached hydrogens (tertiary/aromatic N) is 2. The Kier molecular flexibility index (Phi) is 9.02. The minimum absolute atomic E-state index is 0.0237. The van der Waals surface area contributed by atoms with E-state index in [2.05, 4.69) is 6.92 Å². The number of aryl methyl sites for hydroxylation is 1. The van der Waals surface area contributed by atoms with Crippen LogP contribution in [0.3, 0.4) is 0 Å². The monoisotopic (exact) mass is 470 g/mol. The first-order valence-electron chi connectivity index (χ1n) is 12.2. The second-order valence-electron chi connectivity index (χ2n) is 9.12. The lowest BCUT2D eigenvalue weighted by atomic mass is 9.84. The predicted octanol–water partition coefficient (Wildman–Crippen LogP) is 4.60. The van der Waals surface area contributed by atoms with Gasteiger partial charge in [-0.1, -0.05) is 19.4 Å². The molecule has 1 atom stereocenters. The fourth-order valence-corrected chi connectivity index (χ4v) is 4.16. The summed E-state index contributed by atoms with van der Waals surface area (Å²) in [5.74, 6) is 2.99. The van der Waals surface area contributed by atoms with Crippen LogP contribution in [0.25, 0.3) is 0 Å². The maximum atomic E-state index is 13.5. The summed E-state index contributed by atoms with van der Waals surface area (Å²) >= 11 is 0. The van der Waals surface area contributed by atoms with E-state index < -0.39 is 0 Å². The zero-order valence-electron chi connectivity index (χ0n) is 21.1. The van der Waals surface area contributed by atoms with Crippen LogP contribution in [0.1, 0.15) is 56.6 Å². The molecule has 2 aromatic rings. The minimum Gasteiger partial charge on any atom is -0.493 e. The first kappa shape index (κ1) is 25.7. The molecule has 1 heterocycles. The number of carbonyl (C=O) groups is 2. The van der Waals surface area contributed by atoms with E-state index >= 15 is 0 Å². The summed E-state index contributed by atoms with van der Waals surface area (Å²) < 4.78 is 16.5. The van der Waals surface area contributed by atoms with E-state index in [0.29, 0.717) is 31.0 Å². The number of hydrogen-bond acceptors (Lipinski definition) is 5. The largest absolute Gasteiger partial charge is 0.493 e. The number of furan rings is 1. The van der Waals surface area contributed by atoms with Crippen LogP contribution in [0, 0.1) is 12.8 Å². The molecule has 0 radical (unpaired) electrons. The van der Waals surface area contributed by atoms with E-state index in [1.54, 1.807) is 24.0 Å². The molecule has 1 fully saturated rings. The fourth-order valence-electron chi connectivity index (χ4n) is 4.16. The molecule has 7 heteroatoms. The second kappa shape index (κ2) is 12.0. The molecule has 0 N–H and O–H groups in total. The van der Waals surface area contributed by atoms with Crippen LogP contribution >= 0.6 is 0 Å². The molecule has 7 nitrogen and oxygen atoms in total. The summed E-state index contributed by atoms with van der Waals surface area (Å²) in [6, 6.07) is 9.61. The number of hydrogen-bond donors (Lipinski definition) is 0. The molecule has 186 valence electrons. The maximum absolute atomic E-state index is 13.5. The summed E-state index contributed by atoms with van der Waals surface area (Å²) in [7, 11) is 3.22. The zero-order valence-corrected chi connectivity index (χ0v) is 21.1. The Balaban J connectivity index is 1.75. The van der Waals surface area contributed by atoms with Gasteiger partial charge in [-0.2, -0.15) is 0 Å². The van der Waals surface area contributed by atoms with Gasteiger partial charge in [-0.15, -0.1) is 0 Å². The lowest BCUT2D eigenvalue weighted by Gasteiger charge is -2.36. The average Bonchev–Trinajstić information content (AvgIpc) is 3.22. The Morgan fingerprint density at radius 2 is 1.85 bits per heavy atom. The standard InChI is InChI=1S/C27H38N2O5/c1-6-19(2)29(27(31)22-8-7-9-22)18-26(30)28(17-23-12-10-20(3)34-23)15-14-21-11-13-24(32-4)25(16-21)33-5/h10-13,16,19,22H,6-9,14-15,17-18H2,1-5H3/t19-/m1/s1. The number of methoxy groups -OCH3 is 2. The van der Waals surface area contributed by atoms with Crippen molar-refractivity contribution in [3.63, 3.8) is 0 Å². The van der Waals surface area contributed by atoms with Gasteiger partial charge in [0.1, 0.15) is 18.1 Å². The van der Waals surface area contributed by atoms with Crippen molar-refractivity contribution in [1.82, 2.24) is 9.80 Å². The van der Waals surface area contributed by atoms with Crippen LogP contribution < -0.4 is 9.47 Å². The molecule has 0 saturated heterocycles. The average molecular weight is 471 g/mol. The van der Waals surface area contributed by atoms with Gasteiger partial charge in [0.25, 0.3) is 0 Å². The van der Waals surface area contributed by atoms with Crippen LogP contribution in [0.5, 0.6) is 11.5 Å². The highest BCUT2D eigenvalue weighted by Crippen LogP contribution is 2.30. The van der Waals surface area contributed by atoms with Crippen molar-refractivity contribution >= 4 is 11.8 Å². The highest BCUT2D eigenvalue weighted by Gasteiger charge is 2.33. The Bertz CT molecular complexity index is 966. The van der Waals surface area contributed by atoms with Crippen LogP contribution in [0.4, 0.5) is 0 Å². The summed E-state index contributed by atoms with van der Waals surface area (Å²) in [5, 5.41) is 0.